The Bertz CT molecular complexity index is 700. The molecule has 0 heterocycles. The fourth-order valence-electron chi connectivity index (χ4n) is 3.09. The first kappa shape index (κ1) is 20.9. The van der Waals surface area contributed by atoms with Crippen molar-refractivity contribution in [2.45, 2.75) is 57.6 Å². The van der Waals surface area contributed by atoms with Gasteiger partial charge < -0.3 is 15.4 Å². The molecule has 1 aromatic carbocycles. The Morgan fingerprint density at radius 3 is 2.33 bits per heavy atom. The van der Waals surface area contributed by atoms with Gasteiger partial charge in [0.15, 0.2) is 0 Å². The molecule has 1 saturated carbocycles. The maximum atomic E-state index is 13.6. The smallest absolute Gasteiger partial charge is 0.407 e. The Labute approximate surface area is 158 Å². The van der Waals surface area contributed by atoms with E-state index in [9.17, 15) is 18.4 Å². The van der Waals surface area contributed by atoms with Crippen molar-refractivity contribution in [3.8, 4) is 0 Å². The molecule has 0 saturated heterocycles. The molecule has 1 aromatic rings. The summed E-state index contributed by atoms with van der Waals surface area (Å²) in [6, 6.07) is 3.52. The topological polar surface area (TPSA) is 67.4 Å². The number of nitrogens with one attached hydrogen (secondary N) is 2. The number of carbonyl (C=O) groups excluding carboxylic acids is 2. The van der Waals surface area contributed by atoms with E-state index in [2.05, 4.69) is 10.6 Å². The molecule has 27 heavy (non-hydrogen) atoms. The quantitative estimate of drug-likeness (QED) is 0.761. The summed E-state index contributed by atoms with van der Waals surface area (Å²) in [6.45, 7) is 5.54. The van der Waals surface area contributed by atoms with Crippen molar-refractivity contribution in [3.63, 3.8) is 0 Å². The predicted molar refractivity (Wildman–Crippen MR) is 99.0 cm³/mol. The Balaban J connectivity index is 1.99. The van der Waals surface area contributed by atoms with Gasteiger partial charge in [0.25, 0.3) is 0 Å². The van der Waals surface area contributed by atoms with Crippen molar-refractivity contribution in [2.24, 2.45) is 0 Å². The highest BCUT2D eigenvalue weighted by Crippen LogP contribution is 2.29. The second-order valence-corrected chi connectivity index (χ2v) is 7.80. The third-order valence-corrected chi connectivity index (χ3v) is 4.32. The average molecular weight is 380 g/mol. The summed E-state index contributed by atoms with van der Waals surface area (Å²) in [7, 11) is 0. The molecule has 5 nitrogen and oxygen atoms in total. The van der Waals surface area contributed by atoms with Crippen LogP contribution in [0, 0.1) is 11.6 Å². The molecule has 0 bridgehead atoms. The van der Waals surface area contributed by atoms with E-state index in [0.717, 1.165) is 37.1 Å². The normalized spacial score (nSPS) is 16.3. The standard InChI is InChI=1S/C20H26F2N2O3/c1-19(2,3)27-18(26)23-13-20(11-4-5-12-20)24-17(25)10-9-14-15(21)7-6-8-16(14)22/h6-10H,4-5,11-13H2,1-3H3,(H,23,26)(H,24,25). The highest BCUT2D eigenvalue weighted by atomic mass is 19.1. The van der Waals surface area contributed by atoms with Crippen LogP contribution in [0.2, 0.25) is 0 Å². The largest absolute Gasteiger partial charge is 0.444 e. The third-order valence-electron chi connectivity index (χ3n) is 4.32. The molecule has 1 aliphatic carbocycles. The van der Waals surface area contributed by atoms with E-state index >= 15 is 0 Å². The van der Waals surface area contributed by atoms with Gasteiger partial charge in [-0.05, 0) is 51.8 Å². The Kier molecular flexibility index (Phi) is 6.57. The van der Waals surface area contributed by atoms with Crippen LogP contribution in [0.1, 0.15) is 52.0 Å². The Morgan fingerprint density at radius 2 is 1.78 bits per heavy atom. The zero-order valence-electron chi connectivity index (χ0n) is 15.9. The molecule has 0 unspecified atom stereocenters. The van der Waals surface area contributed by atoms with Crippen LogP contribution in [0.25, 0.3) is 6.08 Å². The molecule has 0 aromatic heterocycles. The second kappa shape index (κ2) is 8.50. The van der Waals surface area contributed by atoms with Gasteiger partial charge in [0.2, 0.25) is 5.91 Å². The molecular formula is C20H26F2N2O3. The third kappa shape index (κ3) is 6.34. The van der Waals surface area contributed by atoms with E-state index in [1.165, 1.54) is 6.07 Å². The highest BCUT2D eigenvalue weighted by Gasteiger charge is 2.35. The zero-order chi connectivity index (χ0) is 20.1. The molecule has 2 amide bonds. The van der Waals surface area contributed by atoms with Crippen molar-refractivity contribution in [1.29, 1.82) is 0 Å². The maximum Gasteiger partial charge on any atom is 0.407 e. The van der Waals surface area contributed by atoms with E-state index in [4.69, 9.17) is 4.74 Å². The van der Waals surface area contributed by atoms with Gasteiger partial charge in [-0.2, -0.15) is 0 Å². The summed E-state index contributed by atoms with van der Waals surface area (Å²) in [4.78, 5) is 24.2. The van der Waals surface area contributed by atoms with Gasteiger partial charge in [0.05, 0.1) is 5.54 Å². The molecule has 1 aliphatic rings. The minimum absolute atomic E-state index is 0.232. The molecule has 0 spiro atoms. The van der Waals surface area contributed by atoms with Crippen molar-refractivity contribution >= 4 is 18.1 Å². The molecule has 1 fully saturated rings. The van der Waals surface area contributed by atoms with Gasteiger partial charge in [-0.3, -0.25) is 4.79 Å². The molecule has 7 heteroatoms. The molecule has 0 radical (unpaired) electrons. The van der Waals surface area contributed by atoms with E-state index in [0.29, 0.717) is 12.8 Å². The van der Waals surface area contributed by atoms with Gasteiger partial charge in [0.1, 0.15) is 17.2 Å². The lowest BCUT2D eigenvalue weighted by Gasteiger charge is -2.30. The lowest BCUT2D eigenvalue weighted by Crippen LogP contribution is -2.54. The summed E-state index contributed by atoms with van der Waals surface area (Å²) < 4.78 is 32.5. The van der Waals surface area contributed by atoms with Crippen molar-refractivity contribution in [3.05, 3.63) is 41.5 Å². The number of carbonyl (C=O) groups is 2. The molecule has 2 rings (SSSR count). The van der Waals surface area contributed by atoms with Crippen LogP contribution in [0.3, 0.4) is 0 Å². The van der Waals surface area contributed by atoms with Crippen LogP contribution in [0.5, 0.6) is 0 Å². The number of benzene rings is 1. The number of amides is 2. The second-order valence-electron chi connectivity index (χ2n) is 7.80. The molecule has 2 N–H and O–H groups in total. The van der Waals surface area contributed by atoms with Crippen molar-refractivity contribution < 1.29 is 23.1 Å². The minimum Gasteiger partial charge on any atom is -0.444 e. The Hall–Kier alpha value is -2.44. The lowest BCUT2D eigenvalue weighted by atomic mass is 9.97. The zero-order valence-corrected chi connectivity index (χ0v) is 15.9. The van der Waals surface area contributed by atoms with E-state index in [1.807, 2.05) is 0 Å². The molecule has 0 atom stereocenters. The van der Waals surface area contributed by atoms with Gasteiger partial charge in [-0.1, -0.05) is 18.9 Å². The summed E-state index contributed by atoms with van der Waals surface area (Å²) >= 11 is 0. The van der Waals surface area contributed by atoms with Crippen molar-refractivity contribution in [1.82, 2.24) is 10.6 Å². The summed E-state index contributed by atoms with van der Waals surface area (Å²) in [6.07, 6.45) is 4.92. The van der Waals surface area contributed by atoms with Gasteiger partial charge in [0, 0.05) is 18.2 Å². The predicted octanol–water partition coefficient (Wildman–Crippen LogP) is 3.93. The van der Waals surface area contributed by atoms with E-state index in [-0.39, 0.29) is 12.1 Å². The summed E-state index contributed by atoms with van der Waals surface area (Å²) in [5.41, 5.74) is -1.46. The SMILES string of the molecule is CC(C)(C)OC(=O)NCC1(NC(=O)C=Cc2c(F)cccc2F)CCCC1. The first-order valence-corrected chi connectivity index (χ1v) is 9.01. The molecule has 148 valence electrons. The van der Waals surface area contributed by atoms with E-state index < -0.39 is 34.8 Å². The molecular weight excluding hydrogens is 354 g/mol. The first-order chi connectivity index (χ1) is 12.6. The molecule has 0 aliphatic heterocycles. The number of ether oxygens (including phenoxy) is 1. The van der Waals surface area contributed by atoms with Crippen LogP contribution >= 0.6 is 0 Å². The van der Waals surface area contributed by atoms with Crippen molar-refractivity contribution in [2.75, 3.05) is 6.54 Å². The fraction of sp³-hybridized carbons (Fsp3) is 0.500. The maximum absolute atomic E-state index is 13.6. The monoisotopic (exact) mass is 380 g/mol. The summed E-state index contributed by atoms with van der Waals surface area (Å²) in [5, 5.41) is 5.58. The number of rotatable bonds is 5. The Morgan fingerprint density at radius 1 is 1.19 bits per heavy atom. The number of hydrogen-bond acceptors (Lipinski definition) is 3. The van der Waals surface area contributed by atoms with Crippen LogP contribution < -0.4 is 10.6 Å². The minimum atomic E-state index is -0.735. The summed E-state index contributed by atoms with van der Waals surface area (Å²) in [5.74, 6) is -1.94. The highest BCUT2D eigenvalue weighted by molar-refractivity contribution is 5.92. The van der Waals surface area contributed by atoms with Crippen LogP contribution in [-0.2, 0) is 9.53 Å². The number of alkyl carbamates (subject to hydrolysis) is 1. The van der Waals surface area contributed by atoms with Gasteiger partial charge in [-0.25, -0.2) is 13.6 Å². The first-order valence-electron chi connectivity index (χ1n) is 9.01. The number of halogens is 2. The van der Waals surface area contributed by atoms with Crippen LogP contribution in [-0.4, -0.2) is 29.7 Å². The van der Waals surface area contributed by atoms with Gasteiger partial charge >= 0.3 is 6.09 Å². The van der Waals surface area contributed by atoms with E-state index in [1.54, 1.807) is 20.8 Å². The average Bonchev–Trinajstić information content (AvgIpc) is 3.00. The van der Waals surface area contributed by atoms with Crippen LogP contribution in [0.4, 0.5) is 13.6 Å². The fourth-order valence-corrected chi connectivity index (χ4v) is 3.09. The lowest BCUT2D eigenvalue weighted by molar-refractivity contribution is -0.118. The van der Waals surface area contributed by atoms with Gasteiger partial charge in [-0.15, -0.1) is 0 Å². The van der Waals surface area contributed by atoms with Crippen LogP contribution in [0.15, 0.2) is 24.3 Å². The number of hydrogen-bond donors (Lipinski definition) is 2.